The highest BCUT2D eigenvalue weighted by molar-refractivity contribution is 6.08. The molecule has 4 heteroatoms. The van der Waals surface area contributed by atoms with E-state index in [2.05, 4.69) is 16.4 Å². The summed E-state index contributed by atoms with van der Waals surface area (Å²) in [5, 5.41) is 5.99. The zero-order valence-electron chi connectivity index (χ0n) is 13.7. The van der Waals surface area contributed by atoms with Crippen LogP contribution in [0.15, 0.2) is 72.8 Å². The molecule has 122 valence electrons. The van der Waals surface area contributed by atoms with Crippen molar-refractivity contribution in [2.24, 2.45) is 0 Å². The lowest BCUT2D eigenvalue weighted by atomic mass is 10.0. The van der Waals surface area contributed by atoms with E-state index in [9.17, 15) is 4.79 Å². The first-order chi connectivity index (χ1) is 12.2. The quantitative estimate of drug-likeness (QED) is 0.507. The van der Waals surface area contributed by atoms with Crippen molar-refractivity contribution >= 4 is 33.5 Å². The number of hydrogen-bond donors (Lipinski definition) is 1. The van der Waals surface area contributed by atoms with Gasteiger partial charge >= 0.3 is 6.09 Å². The molecule has 1 amide bonds. The first-order valence-corrected chi connectivity index (χ1v) is 8.04. The van der Waals surface area contributed by atoms with Crippen molar-refractivity contribution in [2.45, 2.75) is 6.92 Å². The Kier molecular flexibility index (Phi) is 3.78. The number of para-hydroxylation sites is 2. The van der Waals surface area contributed by atoms with Crippen molar-refractivity contribution in [3.8, 4) is 5.75 Å². The van der Waals surface area contributed by atoms with Gasteiger partial charge in [-0.15, -0.1) is 0 Å². The number of nitrogens with one attached hydrogen (secondary N) is 1. The molecule has 25 heavy (non-hydrogen) atoms. The van der Waals surface area contributed by atoms with Crippen LogP contribution in [0.5, 0.6) is 5.75 Å². The predicted octanol–water partition coefficient (Wildman–Crippen LogP) is 5.31. The Morgan fingerprint density at radius 2 is 1.64 bits per heavy atom. The molecule has 0 spiro atoms. The number of amides is 1. The highest BCUT2D eigenvalue weighted by Crippen LogP contribution is 2.28. The molecule has 0 saturated heterocycles. The summed E-state index contributed by atoms with van der Waals surface area (Å²) in [5.74, 6) is 0.504. The van der Waals surface area contributed by atoms with E-state index in [0.29, 0.717) is 11.4 Å². The maximum Gasteiger partial charge on any atom is 0.417 e. The van der Waals surface area contributed by atoms with Gasteiger partial charge in [0, 0.05) is 22.2 Å². The lowest BCUT2D eigenvalue weighted by molar-refractivity contribution is 0.215. The number of carbonyl (C=O) groups is 1. The fourth-order valence-corrected chi connectivity index (χ4v) is 2.93. The van der Waals surface area contributed by atoms with Crippen molar-refractivity contribution in [3.05, 3.63) is 78.5 Å². The van der Waals surface area contributed by atoms with Gasteiger partial charge in [0.1, 0.15) is 5.75 Å². The minimum absolute atomic E-state index is 0.504. The molecular formula is C21H16N2O2. The van der Waals surface area contributed by atoms with Crippen LogP contribution in [-0.2, 0) is 0 Å². The van der Waals surface area contributed by atoms with Gasteiger partial charge in [0.15, 0.2) is 0 Å². The number of carbonyl (C=O) groups excluding carboxylic acids is 1. The molecule has 0 bridgehead atoms. The maximum atomic E-state index is 12.1. The van der Waals surface area contributed by atoms with Crippen molar-refractivity contribution in [3.63, 3.8) is 0 Å². The zero-order chi connectivity index (χ0) is 17.2. The van der Waals surface area contributed by atoms with Gasteiger partial charge in [0.05, 0.1) is 5.52 Å². The summed E-state index contributed by atoms with van der Waals surface area (Å²) in [5.41, 5.74) is 2.57. The summed E-state index contributed by atoms with van der Waals surface area (Å²) in [6, 6.07) is 22.8. The Morgan fingerprint density at radius 1 is 0.880 bits per heavy atom. The molecule has 0 radical (unpaired) electrons. The van der Waals surface area contributed by atoms with Gasteiger partial charge in [-0.25, -0.2) is 4.79 Å². The predicted molar refractivity (Wildman–Crippen MR) is 100 cm³/mol. The van der Waals surface area contributed by atoms with E-state index in [4.69, 9.17) is 4.74 Å². The molecule has 0 aliphatic rings. The number of benzene rings is 3. The van der Waals surface area contributed by atoms with E-state index >= 15 is 0 Å². The van der Waals surface area contributed by atoms with E-state index in [1.165, 1.54) is 0 Å². The van der Waals surface area contributed by atoms with Crippen molar-refractivity contribution in [1.82, 2.24) is 4.98 Å². The first kappa shape index (κ1) is 15.1. The van der Waals surface area contributed by atoms with Crippen molar-refractivity contribution in [2.75, 3.05) is 5.32 Å². The van der Waals surface area contributed by atoms with Gasteiger partial charge in [0.25, 0.3) is 0 Å². The summed E-state index contributed by atoms with van der Waals surface area (Å²) in [4.78, 5) is 16.7. The molecule has 0 atom stereocenters. The van der Waals surface area contributed by atoms with Crippen LogP contribution in [0.3, 0.4) is 0 Å². The van der Waals surface area contributed by atoms with Crippen LogP contribution in [-0.4, -0.2) is 11.1 Å². The molecule has 3 aromatic carbocycles. The van der Waals surface area contributed by atoms with Crippen molar-refractivity contribution < 1.29 is 9.53 Å². The lowest BCUT2D eigenvalue weighted by Crippen LogP contribution is -2.16. The number of anilines is 1. The van der Waals surface area contributed by atoms with Crippen LogP contribution < -0.4 is 10.1 Å². The van der Waals surface area contributed by atoms with E-state index in [1.54, 1.807) is 12.1 Å². The molecule has 0 fully saturated rings. The Balaban J connectivity index is 1.66. The molecule has 0 unspecified atom stereocenters. The fourth-order valence-electron chi connectivity index (χ4n) is 2.93. The number of aromatic nitrogens is 1. The Hall–Kier alpha value is -3.40. The molecule has 4 aromatic rings. The normalized spacial score (nSPS) is 10.8. The number of rotatable bonds is 2. The third kappa shape index (κ3) is 3.02. The number of nitrogens with zero attached hydrogens (tertiary/aromatic N) is 1. The largest absolute Gasteiger partial charge is 0.417 e. The van der Waals surface area contributed by atoms with Gasteiger partial charge in [-0.3, -0.25) is 10.3 Å². The molecule has 0 saturated carbocycles. The fraction of sp³-hybridized carbons (Fsp3) is 0.0476. The summed E-state index contributed by atoms with van der Waals surface area (Å²) in [6.07, 6.45) is -0.517. The van der Waals surface area contributed by atoms with Gasteiger partial charge in [0.2, 0.25) is 0 Å². The van der Waals surface area contributed by atoms with E-state index in [-0.39, 0.29) is 0 Å². The Morgan fingerprint density at radius 3 is 2.48 bits per heavy atom. The monoisotopic (exact) mass is 328 g/mol. The molecule has 0 aliphatic carbocycles. The molecule has 0 aliphatic heterocycles. The van der Waals surface area contributed by atoms with Gasteiger partial charge in [-0.2, -0.15) is 0 Å². The minimum atomic E-state index is -0.517. The van der Waals surface area contributed by atoms with Gasteiger partial charge in [-0.05, 0) is 42.6 Å². The van der Waals surface area contributed by atoms with E-state index in [1.807, 2.05) is 61.5 Å². The van der Waals surface area contributed by atoms with Crippen molar-refractivity contribution in [1.29, 1.82) is 0 Å². The number of ether oxygens (including phenoxy) is 1. The molecule has 1 heterocycles. The van der Waals surface area contributed by atoms with Crippen LogP contribution in [0.2, 0.25) is 0 Å². The third-order valence-corrected chi connectivity index (χ3v) is 4.09. The number of fused-ring (bicyclic) bond motifs is 3. The summed E-state index contributed by atoms with van der Waals surface area (Å²) >= 11 is 0. The SMILES string of the molecule is Cc1nc2ccccc2c2ccc(NC(=O)Oc3ccccc3)cc12. The maximum absolute atomic E-state index is 12.1. The molecule has 1 N–H and O–H groups in total. The highest BCUT2D eigenvalue weighted by atomic mass is 16.6. The zero-order valence-corrected chi connectivity index (χ0v) is 13.7. The molecular weight excluding hydrogens is 312 g/mol. The van der Waals surface area contributed by atoms with Crippen LogP contribution >= 0.6 is 0 Å². The van der Waals surface area contributed by atoms with Crippen LogP contribution in [0.25, 0.3) is 21.7 Å². The lowest BCUT2D eigenvalue weighted by Gasteiger charge is -2.10. The number of hydrogen-bond acceptors (Lipinski definition) is 3. The molecule has 4 rings (SSSR count). The summed E-state index contributed by atoms with van der Waals surface area (Å²) < 4.78 is 5.27. The highest BCUT2D eigenvalue weighted by Gasteiger charge is 2.09. The number of pyridine rings is 1. The summed E-state index contributed by atoms with van der Waals surface area (Å²) in [7, 11) is 0. The molecule has 1 aromatic heterocycles. The standard InChI is InChI=1S/C21H16N2O2/c1-14-19-13-15(23-21(24)25-16-7-3-2-4-8-16)11-12-17(19)18-9-5-6-10-20(18)22-14/h2-13H,1H3,(H,23,24). The van der Waals surface area contributed by atoms with Gasteiger partial charge in [-0.1, -0.05) is 42.5 Å². The van der Waals surface area contributed by atoms with E-state index in [0.717, 1.165) is 27.4 Å². The van der Waals surface area contributed by atoms with Crippen LogP contribution in [0.4, 0.5) is 10.5 Å². The first-order valence-electron chi connectivity index (χ1n) is 8.04. The topological polar surface area (TPSA) is 51.2 Å². The Bertz CT molecular complexity index is 1080. The van der Waals surface area contributed by atoms with Crippen LogP contribution in [0, 0.1) is 6.92 Å². The number of aryl methyl sites for hydroxylation is 1. The van der Waals surface area contributed by atoms with Gasteiger partial charge < -0.3 is 4.74 Å². The average molecular weight is 328 g/mol. The van der Waals surface area contributed by atoms with Crippen LogP contribution in [0.1, 0.15) is 5.69 Å². The second-order valence-corrected chi connectivity index (χ2v) is 5.80. The molecule has 4 nitrogen and oxygen atoms in total. The minimum Gasteiger partial charge on any atom is -0.410 e. The second kappa shape index (κ2) is 6.24. The second-order valence-electron chi connectivity index (χ2n) is 5.80. The summed E-state index contributed by atoms with van der Waals surface area (Å²) in [6.45, 7) is 1.97. The average Bonchev–Trinajstić information content (AvgIpc) is 2.63. The Labute approximate surface area is 145 Å². The smallest absolute Gasteiger partial charge is 0.410 e. The van der Waals surface area contributed by atoms with E-state index < -0.39 is 6.09 Å². The third-order valence-electron chi connectivity index (χ3n) is 4.09.